The van der Waals surface area contributed by atoms with Crippen molar-refractivity contribution in [1.29, 1.82) is 0 Å². The van der Waals surface area contributed by atoms with E-state index in [9.17, 15) is 8.78 Å². The summed E-state index contributed by atoms with van der Waals surface area (Å²) in [6.45, 7) is 1.77. The molecule has 1 aromatic rings. The quantitative estimate of drug-likeness (QED) is 0.774. The fourth-order valence-electron chi connectivity index (χ4n) is 1.60. The van der Waals surface area contributed by atoms with Crippen molar-refractivity contribution in [3.8, 4) is 11.8 Å². The van der Waals surface area contributed by atoms with Gasteiger partial charge in [0, 0.05) is 18.5 Å². The summed E-state index contributed by atoms with van der Waals surface area (Å²) < 4.78 is 26.0. The molecule has 1 atom stereocenters. The van der Waals surface area contributed by atoms with Crippen molar-refractivity contribution in [2.75, 3.05) is 7.05 Å². The monoisotopic (exact) mass is 223 g/mol. The minimum atomic E-state index is -0.545. The van der Waals surface area contributed by atoms with Gasteiger partial charge in [-0.1, -0.05) is 0 Å². The van der Waals surface area contributed by atoms with Crippen LogP contribution in [-0.4, -0.2) is 7.05 Å². The van der Waals surface area contributed by atoms with Gasteiger partial charge in [0.1, 0.15) is 11.6 Å². The molecule has 0 radical (unpaired) electrons. The molecular weight excluding hydrogens is 208 g/mol. The van der Waals surface area contributed by atoms with E-state index in [-0.39, 0.29) is 6.04 Å². The summed E-state index contributed by atoms with van der Waals surface area (Å²) in [5.74, 6) is 4.64. The van der Waals surface area contributed by atoms with Crippen LogP contribution in [0.2, 0.25) is 0 Å². The Morgan fingerprint density at radius 2 is 1.88 bits per heavy atom. The summed E-state index contributed by atoms with van der Waals surface area (Å²) in [5.41, 5.74) is 0.623. The molecule has 0 amide bonds. The van der Waals surface area contributed by atoms with E-state index < -0.39 is 11.6 Å². The summed E-state index contributed by atoms with van der Waals surface area (Å²) in [4.78, 5) is 0. The standard InChI is InChI=1S/C13H15F2N/c1-3-4-5-6-13(16-2)10-7-11(14)9-12(15)8-10/h7-9,13,16H,5-6H2,1-2H3. The molecule has 1 aromatic carbocycles. The molecule has 86 valence electrons. The largest absolute Gasteiger partial charge is 0.313 e. The van der Waals surface area contributed by atoms with Gasteiger partial charge >= 0.3 is 0 Å². The van der Waals surface area contributed by atoms with Gasteiger partial charge in [-0.2, -0.15) is 0 Å². The van der Waals surface area contributed by atoms with Crippen LogP contribution < -0.4 is 5.32 Å². The van der Waals surface area contributed by atoms with E-state index in [2.05, 4.69) is 17.2 Å². The predicted molar refractivity (Wildman–Crippen MR) is 60.8 cm³/mol. The SMILES string of the molecule is CC#CCCC(NC)c1cc(F)cc(F)c1. The first kappa shape index (κ1) is 12.7. The number of rotatable bonds is 4. The van der Waals surface area contributed by atoms with Crippen LogP contribution in [-0.2, 0) is 0 Å². The van der Waals surface area contributed by atoms with E-state index in [1.807, 2.05) is 0 Å². The van der Waals surface area contributed by atoms with Crippen LogP contribution in [0.25, 0.3) is 0 Å². The maximum absolute atomic E-state index is 13.0. The molecule has 0 aliphatic carbocycles. The first-order chi connectivity index (χ1) is 7.67. The van der Waals surface area contributed by atoms with Crippen LogP contribution in [0.4, 0.5) is 8.78 Å². The summed E-state index contributed by atoms with van der Waals surface area (Å²) in [6.07, 6.45) is 1.44. The number of halogens is 2. The summed E-state index contributed by atoms with van der Waals surface area (Å²) >= 11 is 0. The third-order valence-electron chi connectivity index (χ3n) is 2.37. The van der Waals surface area contributed by atoms with Crippen molar-refractivity contribution in [2.45, 2.75) is 25.8 Å². The second-order valence-electron chi connectivity index (χ2n) is 3.51. The summed E-state index contributed by atoms with van der Waals surface area (Å²) in [7, 11) is 1.77. The zero-order valence-corrected chi connectivity index (χ0v) is 9.48. The van der Waals surface area contributed by atoms with Crippen LogP contribution >= 0.6 is 0 Å². The number of hydrogen-bond donors (Lipinski definition) is 1. The summed E-state index contributed by atoms with van der Waals surface area (Å²) in [5, 5.41) is 3.03. The first-order valence-corrected chi connectivity index (χ1v) is 5.20. The van der Waals surface area contributed by atoms with Crippen molar-refractivity contribution in [1.82, 2.24) is 5.32 Å². The fourth-order valence-corrected chi connectivity index (χ4v) is 1.60. The zero-order valence-electron chi connectivity index (χ0n) is 9.48. The minimum Gasteiger partial charge on any atom is -0.313 e. The fraction of sp³-hybridized carbons (Fsp3) is 0.385. The van der Waals surface area contributed by atoms with E-state index in [0.717, 1.165) is 12.5 Å². The molecule has 1 nitrogen and oxygen atoms in total. The second-order valence-corrected chi connectivity index (χ2v) is 3.51. The van der Waals surface area contributed by atoms with E-state index in [0.29, 0.717) is 12.0 Å². The lowest BCUT2D eigenvalue weighted by atomic mass is 10.0. The van der Waals surface area contributed by atoms with Crippen LogP contribution in [0.5, 0.6) is 0 Å². The Morgan fingerprint density at radius 1 is 1.25 bits per heavy atom. The van der Waals surface area contributed by atoms with Gasteiger partial charge in [0.05, 0.1) is 0 Å². The van der Waals surface area contributed by atoms with Gasteiger partial charge in [0.2, 0.25) is 0 Å². The highest BCUT2D eigenvalue weighted by molar-refractivity contribution is 5.21. The minimum absolute atomic E-state index is 0.0638. The van der Waals surface area contributed by atoms with Crippen LogP contribution in [0.3, 0.4) is 0 Å². The lowest BCUT2D eigenvalue weighted by molar-refractivity contribution is 0.534. The van der Waals surface area contributed by atoms with Crippen LogP contribution in [0.15, 0.2) is 18.2 Å². The third-order valence-corrected chi connectivity index (χ3v) is 2.37. The van der Waals surface area contributed by atoms with E-state index >= 15 is 0 Å². The Labute approximate surface area is 94.9 Å². The molecule has 3 heteroatoms. The van der Waals surface area contributed by atoms with E-state index in [1.54, 1.807) is 14.0 Å². The third kappa shape index (κ3) is 3.63. The van der Waals surface area contributed by atoms with Gasteiger partial charge in [-0.25, -0.2) is 8.78 Å². The van der Waals surface area contributed by atoms with E-state index in [4.69, 9.17) is 0 Å². The van der Waals surface area contributed by atoms with Gasteiger partial charge in [-0.3, -0.25) is 0 Å². The smallest absolute Gasteiger partial charge is 0.126 e. The zero-order chi connectivity index (χ0) is 12.0. The lowest BCUT2D eigenvalue weighted by Gasteiger charge is -2.15. The Hall–Kier alpha value is -1.40. The maximum atomic E-state index is 13.0. The van der Waals surface area contributed by atoms with Gasteiger partial charge in [0.15, 0.2) is 0 Å². The van der Waals surface area contributed by atoms with Gasteiger partial charge in [0.25, 0.3) is 0 Å². The van der Waals surface area contributed by atoms with Gasteiger partial charge in [-0.05, 0) is 38.1 Å². The van der Waals surface area contributed by atoms with Gasteiger partial charge < -0.3 is 5.32 Å². The average Bonchev–Trinajstić information content (AvgIpc) is 2.23. The molecule has 0 bridgehead atoms. The maximum Gasteiger partial charge on any atom is 0.126 e. The second kappa shape index (κ2) is 6.24. The average molecular weight is 223 g/mol. The van der Waals surface area contributed by atoms with Crippen molar-refractivity contribution < 1.29 is 8.78 Å². The highest BCUT2D eigenvalue weighted by Gasteiger charge is 2.10. The van der Waals surface area contributed by atoms with Crippen molar-refractivity contribution in [2.24, 2.45) is 0 Å². The topological polar surface area (TPSA) is 12.0 Å². The van der Waals surface area contributed by atoms with Crippen molar-refractivity contribution in [3.05, 3.63) is 35.4 Å². The molecule has 1 rings (SSSR count). The number of nitrogens with one attached hydrogen (secondary N) is 1. The van der Waals surface area contributed by atoms with Crippen LogP contribution in [0.1, 0.15) is 31.4 Å². The molecule has 0 aromatic heterocycles. The Bertz CT molecular complexity index is 384. The normalized spacial score (nSPS) is 11.8. The molecule has 1 N–H and O–H groups in total. The molecule has 1 unspecified atom stereocenters. The van der Waals surface area contributed by atoms with Gasteiger partial charge in [-0.15, -0.1) is 11.8 Å². The molecular formula is C13H15F2N. The lowest BCUT2D eigenvalue weighted by Crippen LogP contribution is -2.16. The number of benzene rings is 1. The molecule has 0 saturated heterocycles. The Morgan fingerprint density at radius 3 is 2.38 bits per heavy atom. The Kier molecular flexibility index (Phi) is 4.94. The summed E-state index contributed by atoms with van der Waals surface area (Å²) in [6, 6.07) is 3.51. The Balaban J connectivity index is 2.80. The predicted octanol–water partition coefficient (Wildman–Crippen LogP) is 3.03. The highest BCUT2D eigenvalue weighted by atomic mass is 19.1. The molecule has 0 spiro atoms. The molecule has 0 saturated carbocycles. The molecule has 16 heavy (non-hydrogen) atoms. The van der Waals surface area contributed by atoms with E-state index in [1.165, 1.54) is 12.1 Å². The molecule has 0 aliphatic rings. The molecule has 0 fully saturated rings. The number of hydrogen-bond acceptors (Lipinski definition) is 1. The first-order valence-electron chi connectivity index (χ1n) is 5.20. The highest BCUT2D eigenvalue weighted by Crippen LogP contribution is 2.20. The molecule has 0 aliphatic heterocycles. The molecule has 0 heterocycles. The van der Waals surface area contributed by atoms with Crippen LogP contribution in [0, 0.1) is 23.5 Å². The van der Waals surface area contributed by atoms with Crippen molar-refractivity contribution in [3.63, 3.8) is 0 Å². The van der Waals surface area contributed by atoms with Crippen molar-refractivity contribution >= 4 is 0 Å².